The van der Waals surface area contributed by atoms with Crippen LogP contribution in [-0.2, 0) is 16.0 Å². The lowest BCUT2D eigenvalue weighted by molar-refractivity contribution is -0.121. The first kappa shape index (κ1) is 16.2. The van der Waals surface area contributed by atoms with Gasteiger partial charge >= 0.3 is 0 Å². The number of carbonyl (C=O) groups excluding carboxylic acids is 2. The summed E-state index contributed by atoms with van der Waals surface area (Å²) in [7, 11) is 0. The minimum atomic E-state index is -0.510. The first-order chi connectivity index (χ1) is 11.5. The fraction of sp³-hybridized carbons (Fsp3) is 0.300. The molecule has 0 spiro atoms. The molecule has 24 heavy (non-hydrogen) atoms. The smallest absolute Gasteiger partial charge is 0.256 e. The van der Waals surface area contributed by atoms with Gasteiger partial charge in [-0.25, -0.2) is 4.90 Å². The van der Waals surface area contributed by atoms with Crippen molar-refractivity contribution in [2.45, 2.75) is 39.7 Å². The van der Waals surface area contributed by atoms with Crippen molar-refractivity contribution in [1.82, 2.24) is 0 Å². The van der Waals surface area contributed by atoms with Crippen LogP contribution in [0, 0.1) is 13.8 Å². The largest absolute Gasteiger partial charge is 0.373 e. The molecule has 0 radical (unpaired) electrons. The zero-order chi connectivity index (χ0) is 17.3. The molecule has 1 aliphatic heterocycles. The van der Waals surface area contributed by atoms with E-state index in [1.807, 2.05) is 56.3 Å². The number of carbonyl (C=O) groups is 2. The van der Waals surface area contributed by atoms with Gasteiger partial charge in [0.15, 0.2) is 0 Å². The lowest BCUT2D eigenvalue weighted by atomic mass is 10.1. The monoisotopic (exact) mass is 322 g/mol. The maximum absolute atomic E-state index is 12.7. The Hall–Kier alpha value is -2.62. The summed E-state index contributed by atoms with van der Waals surface area (Å²) in [6, 6.07) is 13.1. The number of aryl methyl sites for hydroxylation is 3. The number of anilines is 2. The fourth-order valence-corrected chi connectivity index (χ4v) is 2.98. The minimum absolute atomic E-state index is 0.160. The van der Waals surface area contributed by atoms with Crippen molar-refractivity contribution < 1.29 is 9.59 Å². The third-order valence-electron chi connectivity index (χ3n) is 4.47. The predicted octanol–water partition coefficient (Wildman–Crippen LogP) is 3.61. The maximum atomic E-state index is 12.7. The Balaban J connectivity index is 1.82. The lowest BCUT2D eigenvalue weighted by Gasteiger charge is -2.17. The third-order valence-corrected chi connectivity index (χ3v) is 4.47. The highest BCUT2D eigenvalue weighted by Crippen LogP contribution is 2.26. The molecule has 1 saturated heterocycles. The molecule has 2 aromatic carbocycles. The quantitative estimate of drug-likeness (QED) is 0.875. The summed E-state index contributed by atoms with van der Waals surface area (Å²) in [4.78, 5) is 26.4. The molecular formula is C20H22N2O2. The molecule has 1 fully saturated rings. The van der Waals surface area contributed by atoms with E-state index in [2.05, 4.69) is 12.2 Å². The van der Waals surface area contributed by atoms with Gasteiger partial charge in [0.1, 0.15) is 6.04 Å². The van der Waals surface area contributed by atoms with Crippen molar-refractivity contribution in [3.63, 3.8) is 0 Å². The van der Waals surface area contributed by atoms with Gasteiger partial charge in [0.2, 0.25) is 5.91 Å². The van der Waals surface area contributed by atoms with E-state index in [0.29, 0.717) is 5.69 Å². The van der Waals surface area contributed by atoms with Gasteiger partial charge < -0.3 is 5.32 Å². The molecule has 2 amide bonds. The zero-order valence-corrected chi connectivity index (χ0v) is 14.3. The van der Waals surface area contributed by atoms with Crippen molar-refractivity contribution in [3.05, 3.63) is 59.2 Å². The molecule has 0 unspecified atom stereocenters. The van der Waals surface area contributed by atoms with Crippen LogP contribution in [0.25, 0.3) is 0 Å². The molecule has 1 atom stereocenters. The Morgan fingerprint density at radius 2 is 1.79 bits per heavy atom. The van der Waals surface area contributed by atoms with Gasteiger partial charge in [-0.15, -0.1) is 0 Å². The van der Waals surface area contributed by atoms with E-state index in [4.69, 9.17) is 0 Å². The minimum Gasteiger partial charge on any atom is -0.373 e. The Bertz CT molecular complexity index is 781. The van der Waals surface area contributed by atoms with Crippen molar-refractivity contribution in [3.8, 4) is 0 Å². The van der Waals surface area contributed by atoms with E-state index in [-0.39, 0.29) is 18.2 Å². The van der Waals surface area contributed by atoms with Gasteiger partial charge in [-0.05, 0) is 55.2 Å². The summed E-state index contributed by atoms with van der Waals surface area (Å²) in [5.74, 6) is -0.350. The van der Waals surface area contributed by atoms with Gasteiger partial charge in [-0.2, -0.15) is 0 Å². The maximum Gasteiger partial charge on any atom is 0.256 e. The Morgan fingerprint density at radius 1 is 1.08 bits per heavy atom. The Morgan fingerprint density at radius 3 is 2.46 bits per heavy atom. The summed E-state index contributed by atoms with van der Waals surface area (Å²) in [5, 5.41) is 3.24. The van der Waals surface area contributed by atoms with E-state index >= 15 is 0 Å². The van der Waals surface area contributed by atoms with E-state index in [1.54, 1.807) is 0 Å². The molecule has 0 aliphatic carbocycles. The molecule has 1 aliphatic rings. The molecule has 1 heterocycles. The highest BCUT2D eigenvalue weighted by molar-refractivity contribution is 6.23. The van der Waals surface area contributed by atoms with Crippen molar-refractivity contribution in [1.29, 1.82) is 0 Å². The summed E-state index contributed by atoms with van der Waals surface area (Å²) in [6.07, 6.45) is 1.11. The lowest BCUT2D eigenvalue weighted by Crippen LogP contribution is -2.34. The van der Waals surface area contributed by atoms with Crippen LogP contribution < -0.4 is 10.2 Å². The number of benzene rings is 2. The van der Waals surface area contributed by atoms with Gasteiger partial charge in [-0.3, -0.25) is 9.59 Å². The van der Waals surface area contributed by atoms with E-state index < -0.39 is 6.04 Å². The van der Waals surface area contributed by atoms with Crippen LogP contribution in [0.2, 0.25) is 0 Å². The Kier molecular flexibility index (Phi) is 4.38. The number of nitrogens with one attached hydrogen (secondary N) is 1. The second-order valence-corrected chi connectivity index (χ2v) is 6.31. The topological polar surface area (TPSA) is 49.4 Å². The number of hydrogen-bond donors (Lipinski definition) is 1. The number of nitrogens with zero attached hydrogens (tertiary/aromatic N) is 1. The summed E-state index contributed by atoms with van der Waals surface area (Å²) in [5.41, 5.74) is 4.91. The van der Waals surface area contributed by atoms with Crippen molar-refractivity contribution in [2.75, 3.05) is 10.2 Å². The summed E-state index contributed by atoms with van der Waals surface area (Å²) >= 11 is 0. The van der Waals surface area contributed by atoms with Crippen LogP contribution in [0.4, 0.5) is 11.4 Å². The Labute approximate surface area is 142 Å². The van der Waals surface area contributed by atoms with Crippen LogP contribution in [0.15, 0.2) is 42.5 Å². The summed E-state index contributed by atoms with van der Waals surface area (Å²) in [6.45, 7) is 6.07. The zero-order valence-electron chi connectivity index (χ0n) is 14.3. The molecule has 4 heteroatoms. The summed E-state index contributed by atoms with van der Waals surface area (Å²) < 4.78 is 0. The number of amides is 2. The van der Waals surface area contributed by atoms with Gasteiger partial charge in [0, 0.05) is 5.69 Å². The van der Waals surface area contributed by atoms with E-state index in [1.165, 1.54) is 10.5 Å². The first-order valence-electron chi connectivity index (χ1n) is 8.29. The molecule has 1 N–H and O–H groups in total. The molecule has 0 bridgehead atoms. The van der Waals surface area contributed by atoms with Gasteiger partial charge in [0.25, 0.3) is 5.91 Å². The first-order valence-corrected chi connectivity index (χ1v) is 8.29. The van der Waals surface area contributed by atoms with E-state index in [9.17, 15) is 9.59 Å². The molecule has 0 aromatic heterocycles. The SMILES string of the molecule is CCc1ccc(N2C(=O)C[C@H](Nc3cc(C)ccc3C)C2=O)cc1. The highest BCUT2D eigenvalue weighted by Gasteiger charge is 2.39. The molecule has 124 valence electrons. The average molecular weight is 322 g/mol. The standard InChI is InChI=1S/C20H22N2O2/c1-4-15-7-9-16(10-8-15)22-19(23)12-18(20(22)24)21-17-11-13(2)5-6-14(17)3/h5-11,18,21H,4,12H2,1-3H3/t18-/m0/s1. The average Bonchev–Trinajstić information content (AvgIpc) is 2.85. The van der Waals surface area contributed by atoms with Crippen LogP contribution in [0.1, 0.15) is 30.0 Å². The second kappa shape index (κ2) is 6.48. The van der Waals surface area contributed by atoms with Crippen molar-refractivity contribution >= 4 is 23.2 Å². The molecule has 3 rings (SSSR count). The number of imide groups is 1. The van der Waals surface area contributed by atoms with Gasteiger partial charge in [0.05, 0.1) is 12.1 Å². The number of hydrogen-bond acceptors (Lipinski definition) is 3. The second-order valence-electron chi connectivity index (χ2n) is 6.31. The molecule has 4 nitrogen and oxygen atoms in total. The van der Waals surface area contributed by atoms with Crippen LogP contribution in [-0.4, -0.2) is 17.9 Å². The molecule has 2 aromatic rings. The molecule has 0 saturated carbocycles. The van der Waals surface area contributed by atoms with Crippen LogP contribution in [0.5, 0.6) is 0 Å². The normalized spacial score (nSPS) is 17.5. The third kappa shape index (κ3) is 3.04. The van der Waals surface area contributed by atoms with Crippen LogP contribution >= 0.6 is 0 Å². The molecular weight excluding hydrogens is 300 g/mol. The predicted molar refractivity (Wildman–Crippen MR) is 96.3 cm³/mol. The van der Waals surface area contributed by atoms with E-state index in [0.717, 1.165) is 23.2 Å². The van der Waals surface area contributed by atoms with Crippen LogP contribution in [0.3, 0.4) is 0 Å². The fourth-order valence-electron chi connectivity index (χ4n) is 2.98. The van der Waals surface area contributed by atoms with Gasteiger partial charge in [-0.1, -0.05) is 31.2 Å². The highest BCUT2D eigenvalue weighted by atomic mass is 16.2. The number of rotatable bonds is 4. The van der Waals surface area contributed by atoms with Crippen molar-refractivity contribution in [2.24, 2.45) is 0 Å².